The van der Waals surface area contributed by atoms with Gasteiger partial charge in [-0.1, -0.05) is 6.07 Å². The SMILES string of the molecule is CC(C)(C)NCCC(=O)Nc1cccc(F)c1. The van der Waals surface area contributed by atoms with E-state index in [0.717, 1.165) is 0 Å². The second-order valence-corrected chi connectivity index (χ2v) is 4.99. The average molecular weight is 238 g/mol. The van der Waals surface area contributed by atoms with E-state index in [1.54, 1.807) is 12.1 Å². The molecule has 0 aliphatic heterocycles. The van der Waals surface area contributed by atoms with Crippen LogP contribution in [0.25, 0.3) is 0 Å². The molecular weight excluding hydrogens is 219 g/mol. The van der Waals surface area contributed by atoms with Crippen molar-refractivity contribution in [3.05, 3.63) is 30.1 Å². The Bertz CT molecular complexity index is 385. The first-order valence-electron chi connectivity index (χ1n) is 5.67. The van der Waals surface area contributed by atoms with Gasteiger partial charge in [0.15, 0.2) is 0 Å². The number of anilines is 1. The zero-order chi connectivity index (χ0) is 12.9. The molecule has 0 radical (unpaired) electrons. The molecule has 1 aromatic rings. The van der Waals surface area contributed by atoms with Gasteiger partial charge in [0.2, 0.25) is 5.91 Å². The number of hydrogen-bond acceptors (Lipinski definition) is 2. The molecule has 1 amide bonds. The summed E-state index contributed by atoms with van der Waals surface area (Å²) in [6.45, 7) is 6.72. The lowest BCUT2D eigenvalue weighted by Gasteiger charge is -2.20. The predicted molar refractivity (Wildman–Crippen MR) is 67.4 cm³/mol. The van der Waals surface area contributed by atoms with Gasteiger partial charge in [0.1, 0.15) is 5.82 Å². The lowest BCUT2D eigenvalue weighted by Crippen LogP contribution is -2.37. The fourth-order valence-corrected chi connectivity index (χ4v) is 1.34. The molecule has 0 saturated heterocycles. The van der Waals surface area contributed by atoms with Crippen LogP contribution in [0.5, 0.6) is 0 Å². The Kier molecular flexibility index (Phi) is 4.63. The van der Waals surface area contributed by atoms with Crippen molar-refractivity contribution in [2.24, 2.45) is 0 Å². The first kappa shape index (κ1) is 13.6. The number of carbonyl (C=O) groups excluding carboxylic acids is 1. The second-order valence-electron chi connectivity index (χ2n) is 4.99. The minimum atomic E-state index is -0.351. The maximum Gasteiger partial charge on any atom is 0.225 e. The highest BCUT2D eigenvalue weighted by Gasteiger charge is 2.09. The number of rotatable bonds is 4. The molecule has 94 valence electrons. The highest BCUT2D eigenvalue weighted by molar-refractivity contribution is 5.90. The molecule has 0 atom stereocenters. The molecule has 0 aliphatic carbocycles. The van der Waals surface area contributed by atoms with Crippen LogP contribution >= 0.6 is 0 Å². The molecule has 0 saturated carbocycles. The molecule has 4 heteroatoms. The van der Waals surface area contributed by atoms with Crippen molar-refractivity contribution < 1.29 is 9.18 Å². The third-order valence-electron chi connectivity index (χ3n) is 2.12. The number of nitrogens with one attached hydrogen (secondary N) is 2. The van der Waals surface area contributed by atoms with E-state index in [-0.39, 0.29) is 17.3 Å². The molecule has 0 unspecified atom stereocenters. The van der Waals surface area contributed by atoms with Crippen LogP contribution < -0.4 is 10.6 Å². The van der Waals surface area contributed by atoms with Gasteiger partial charge in [-0.05, 0) is 39.0 Å². The van der Waals surface area contributed by atoms with Gasteiger partial charge in [-0.15, -0.1) is 0 Å². The third-order valence-corrected chi connectivity index (χ3v) is 2.12. The Hall–Kier alpha value is -1.42. The molecule has 1 aromatic carbocycles. The largest absolute Gasteiger partial charge is 0.326 e. The lowest BCUT2D eigenvalue weighted by atomic mass is 10.1. The van der Waals surface area contributed by atoms with E-state index < -0.39 is 0 Å². The smallest absolute Gasteiger partial charge is 0.225 e. The van der Waals surface area contributed by atoms with Gasteiger partial charge in [-0.2, -0.15) is 0 Å². The van der Waals surface area contributed by atoms with Crippen LogP contribution in [0.1, 0.15) is 27.2 Å². The minimum absolute atomic E-state index is 0.000858. The summed E-state index contributed by atoms with van der Waals surface area (Å²) in [5.41, 5.74) is 0.491. The van der Waals surface area contributed by atoms with Crippen molar-refractivity contribution in [2.45, 2.75) is 32.7 Å². The van der Waals surface area contributed by atoms with E-state index in [1.165, 1.54) is 12.1 Å². The molecule has 0 bridgehead atoms. The maximum atomic E-state index is 12.9. The molecule has 0 fully saturated rings. The summed E-state index contributed by atoms with van der Waals surface area (Å²) in [6.07, 6.45) is 0.369. The quantitative estimate of drug-likeness (QED) is 0.846. The van der Waals surface area contributed by atoms with Crippen LogP contribution in [0, 0.1) is 5.82 Å². The first-order chi connectivity index (χ1) is 7.87. The molecule has 17 heavy (non-hydrogen) atoms. The van der Waals surface area contributed by atoms with Crippen molar-refractivity contribution in [1.82, 2.24) is 5.32 Å². The topological polar surface area (TPSA) is 41.1 Å². The summed E-state index contributed by atoms with van der Waals surface area (Å²) >= 11 is 0. The van der Waals surface area contributed by atoms with Crippen LogP contribution in [0.3, 0.4) is 0 Å². The van der Waals surface area contributed by atoms with E-state index in [2.05, 4.69) is 10.6 Å². The number of halogens is 1. The van der Waals surface area contributed by atoms with E-state index in [0.29, 0.717) is 18.7 Å². The van der Waals surface area contributed by atoms with Gasteiger partial charge >= 0.3 is 0 Å². The minimum Gasteiger partial charge on any atom is -0.326 e. The summed E-state index contributed by atoms with van der Waals surface area (Å²) in [6, 6.07) is 5.88. The van der Waals surface area contributed by atoms with Crippen molar-refractivity contribution in [1.29, 1.82) is 0 Å². The molecule has 0 aliphatic rings. The summed E-state index contributed by atoms with van der Waals surface area (Å²) in [5, 5.41) is 5.87. The van der Waals surface area contributed by atoms with E-state index in [4.69, 9.17) is 0 Å². The van der Waals surface area contributed by atoms with Gasteiger partial charge < -0.3 is 10.6 Å². The Balaban J connectivity index is 2.35. The van der Waals surface area contributed by atoms with Crippen molar-refractivity contribution in [3.8, 4) is 0 Å². The fraction of sp³-hybridized carbons (Fsp3) is 0.462. The van der Waals surface area contributed by atoms with Crippen LogP contribution in [0.2, 0.25) is 0 Å². The fourth-order valence-electron chi connectivity index (χ4n) is 1.34. The van der Waals surface area contributed by atoms with Gasteiger partial charge in [0, 0.05) is 24.2 Å². The Morgan fingerprint density at radius 2 is 2.06 bits per heavy atom. The van der Waals surface area contributed by atoms with Gasteiger partial charge in [-0.3, -0.25) is 4.79 Å². The van der Waals surface area contributed by atoms with E-state index in [1.807, 2.05) is 20.8 Å². The van der Waals surface area contributed by atoms with Crippen LogP contribution in [-0.4, -0.2) is 18.0 Å². The maximum absolute atomic E-state index is 12.9. The van der Waals surface area contributed by atoms with Crippen molar-refractivity contribution in [3.63, 3.8) is 0 Å². The molecular formula is C13H19FN2O. The molecule has 1 rings (SSSR count). The van der Waals surface area contributed by atoms with Crippen LogP contribution in [0.15, 0.2) is 24.3 Å². The average Bonchev–Trinajstić information content (AvgIpc) is 2.15. The second kappa shape index (κ2) is 5.77. The third kappa shape index (κ3) is 6.02. The molecule has 2 N–H and O–H groups in total. The first-order valence-corrected chi connectivity index (χ1v) is 5.67. The van der Waals surface area contributed by atoms with Crippen molar-refractivity contribution >= 4 is 11.6 Å². The Labute approximate surface area is 101 Å². The standard InChI is InChI=1S/C13H19FN2O/c1-13(2,3)15-8-7-12(17)16-11-6-4-5-10(14)9-11/h4-6,9,15H,7-8H2,1-3H3,(H,16,17). The van der Waals surface area contributed by atoms with Gasteiger partial charge in [0.25, 0.3) is 0 Å². The molecule has 0 heterocycles. The number of carbonyl (C=O) groups is 1. The molecule has 0 aromatic heterocycles. The summed E-state index contributed by atoms with van der Waals surface area (Å²) in [5.74, 6) is -0.469. The predicted octanol–water partition coefficient (Wildman–Crippen LogP) is 2.54. The van der Waals surface area contributed by atoms with E-state index >= 15 is 0 Å². The number of hydrogen-bond donors (Lipinski definition) is 2. The normalized spacial score (nSPS) is 11.3. The zero-order valence-electron chi connectivity index (χ0n) is 10.5. The van der Waals surface area contributed by atoms with E-state index in [9.17, 15) is 9.18 Å². The Morgan fingerprint density at radius 1 is 1.35 bits per heavy atom. The monoisotopic (exact) mass is 238 g/mol. The van der Waals surface area contributed by atoms with Gasteiger partial charge in [-0.25, -0.2) is 4.39 Å². The highest BCUT2D eigenvalue weighted by Crippen LogP contribution is 2.09. The number of benzene rings is 1. The van der Waals surface area contributed by atoms with Crippen LogP contribution in [-0.2, 0) is 4.79 Å². The highest BCUT2D eigenvalue weighted by atomic mass is 19.1. The summed E-state index contributed by atoms with van der Waals surface area (Å²) in [4.78, 5) is 11.5. The van der Waals surface area contributed by atoms with Crippen molar-refractivity contribution in [2.75, 3.05) is 11.9 Å². The lowest BCUT2D eigenvalue weighted by molar-refractivity contribution is -0.116. The molecule has 3 nitrogen and oxygen atoms in total. The Morgan fingerprint density at radius 3 is 2.65 bits per heavy atom. The molecule has 0 spiro atoms. The summed E-state index contributed by atoms with van der Waals surface area (Å²) < 4.78 is 12.9. The van der Waals surface area contributed by atoms with Crippen LogP contribution in [0.4, 0.5) is 10.1 Å². The zero-order valence-corrected chi connectivity index (χ0v) is 10.5. The summed E-state index contributed by atoms with van der Waals surface area (Å²) in [7, 11) is 0. The number of amides is 1. The van der Waals surface area contributed by atoms with Gasteiger partial charge in [0.05, 0.1) is 0 Å².